The molecule has 9 nitrogen and oxygen atoms in total. The Morgan fingerprint density at radius 2 is 1.46 bits per heavy atom. The van der Waals surface area contributed by atoms with Gasteiger partial charge in [0.05, 0.1) is 32.4 Å². The summed E-state index contributed by atoms with van der Waals surface area (Å²) in [6.45, 7) is 0. The zero-order valence-electron chi connectivity index (χ0n) is 17.9. The monoisotopic (exact) mass is 591 g/mol. The van der Waals surface area contributed by atoms with E-state index >= 15 is 0 Å². The summed E-state index contributed by atoms with van der Waals surface area (Å²) in [4.78, 5) is 31.2. The summed E-state index contributed by atoms with van der Waals surface area (Å²) >= 11 is 6.64. The van der Waals surface area contributed by atoms with E-state index in [1.165, 1.54) is 0 Å². The van der Waals surface area contributed by atoms with Gasteiger partial charge in [-0.3, -0.25) is 14.0 Å². The molecular weight excluding hydrogens is 578 g/mol. The molecule has 0 amide bonds. The van der Waals surface area contributed by atoms with E-state index in [0.717, 1.165) is 38.1 Å². The Balaban J connectivity index is 0.000000145. The number of benzene rings is 1. The summed E-state index contributed by atoms with van der Waals surface area (Å²) in [6, 6.07) is 15.1. The van der Waals surface area contributed by atoms with E-state index in [-0.39, 0.29) is 0 Å². The van der Waals surface area contributed by atoms with Gasteiger partial charge < -0.3 is 0 Å². The van der Waals surface area contributed by atoms with E-state index in [2.05, 4.69) is 52.0 Å². The molecule has 0 radical (unpaired) electrons. The van der Waals surface area contributed by atoms with Crippen LogP contribution in [0, 0.1) is 0 Å². The normalized spacial score (nSPS) is 10.8. The van der Waals surface area contributed by atoms with Gasteiger partial charge in [0.2, 0.25) is 0 Å². The molecule has 0 N–H and O–H groups in total. The minimum Gasteiger partial charge on any atom is -0.298 e. The van der Waals surface area contributed by atoms with Gasteiger partial charge in [0.1, 0.15) is 11.3 Å². The van der Waals surface area contributed by atoms with Crippen LogP contribution in [0.15, 0.2) is 88.5 Å². The fraction of sp³-hybridized carbons (Fsp3) is 0. The third-order valence-corrected chi connectivity index (χ3v) is 5.87. The van der Waals surface area contributed by atoms with Crippen LogP contribution in [0.2, 0.25) is 0 Å². The minimum absolute atomic E-state index is 0.483. The van der Waals surface area contributed by atoms with Gasteiger partial charge in [-0.1, -0.05) is 24.3 Å². The standard InChI is InChI=1S/C13H8BrN3O.C11H7BrN4O/c14-11-6-15-17(7-11)13-10(8-18)5-9-3-1-2-4-12(9)16-13;12-8-5-13-16(6-8)11-9(7-17)15-4-2-1-3-10(15)14-11/h1-8H;1-7H. The number of carbonyl (C=O) groups excluding carboxylic acids is 2. The molecule has 0 aliphatic carbocycles. The molecule has 0 atom stereocenters. The lowest BCUT2D eigenvalue weighted by molar-refractivity contribution is 0.111. The summed E-state index contributed by atoms with van der Waals surface area (Å²) in [5, 5.41) is 9.21. The molecule has 0 bridgehead atoms. The first kappa shape index (κ1) is 22.8. The smallest absolute Gasteiger partial charge is 0.183 e. The van der Waals surface area contributed by atoms with Crippen LogP contribution in [-0.2, 0) is 0 Å². The minimum atomic E-state index is 0.483. The number of nitrogens with zero attached hydrogens (tertiary/aromatic N) is 7. The van der Waals surface area contributed by atoms with Gasteiger partial charge in [-0.2, -0.15) is 10.2 Å². The van der Waals surface area contributed by atoms with Crippen molar-refractivity contribution in [1.82, 2.24) is 33.9 Å². The number of aldehydes is 2. The number of aromatic nitrogens is 7. The predicted molar refractivity (Wildman–Crippen MR) is 137 cm³/mol. The summed E-state index contributed by atoms with van der Waals surface area (Å²) in [6.07, 6.45) is 10.2. The molecule has 172 valence electrons. The Labute approximate surface area is 215 Å². The van der Waals surface area contributed by atoms with Crippen LogP contribution in [0.4, 0.5) is 0 Å². The number of hydrogen-bond acceptors (Lipinski definition) is 6. The molecule has 0 aliphatic heterocycles. The lowest BCUT2D eigenvalue weighted by atomic mass is 10.1. The van der Waals surface area contributed by atoms with Crippen molar-refractivity contribution in [2.75, 3.05) is 0 Å². The molecule has 0 aliphatic rings. The van der Waals surface area contributed by atoms with Crippen LogP contribution in [-0.4, -0.2) is 46.5 Å². The first-order valence-corrected chi connectivity index (χ1v) is 11.8. The molecule has 1 aromatic carbocycles. The Morgan fingerprint density at radius 1 is 0.771 bits per heavy atom. The number of halogens is 2. The highest BCUT2D eigenvalue weighted by Crippen LogP contribution is 2.20. The molecule has 0 spiro atoms. The van der Waals surface area contributed by atoms with Crippen molar-refractivity contribution in [3.8, 4) is 11.6 Å². The fourth-order valence-electron chi connectivity index (χ4n) is 3.51. The van der Waals surface area contributed by atoms with Crippen molar-refractivity contribution in [2.45, 2.75) is 0 Å². The van der Waals surface area contributed by atoms with E-state index < -0.39 is 0 Å². The second-order valence-electron chi connectivity index (χ2n) is 7.29. The van der Waals surface area contributed by atoms with Crippen molar-refractivity contribution in [3.63, 3.8) is 0 Å². The quantitative estimate of drug-likeness (QED) is 0.264. The summed E-state index contributed by atoms with van der Waals surface area (Å²) < 4.78 is 6.57. The maximum atomic E-state index is 11.2. The van der Waals surface area contributed by atoms with Gasteiger partial charge >= 0.3 is 0 Å². The number of rotatable bonds is 4. The molecule has 0 saturated carbocycles. The van der Waals surface area contributed by atoms with Crippen molar-refractivity contribution in [1.29, 1.82) is 0 Å². The highest BCUT2D eigenvalue weighted by atomic mass is 79.9. The molecule has 0 fully saturated rings. The highest BCUT2D eigenvalue weighted by Gasteiger charge is 2.13. The van der Waals surface area contributed by atoms with Crippen molar-refractivity contribution in [3.05, 3.63) is 99.7 Å². The number of hydrogen-bond donors (Lipinski definition) is 0. The maximum Gasteiger partial charge on any atom is 0.183 e. The fourth-order valence-corrected chi connectivity index (χ4v) is 4.08. The van der Waals surface area contributed by atoms with Crippen LogP contribution in [0.1, 0.15) is 20.8 Å². The predicted octanol–water partition coefficient (Wildman–Crippen LogP) is 5.09. The van der Waals surface area contributed by atoms with Gasteiger partial charge in [0, 0.05) is 24.0 Å². The molecule has 6 rings (SSSR count). The summed E-state index contributed by atoms with van der Waals surface area (Å²) in [5.41, 5.74) is 2.56. The average Bonchev–Trinajstić information content (AvgIpc) is 3.61. The maximum absolute atomic E-state index is 11.2. The first-order chi connectivity index (χ1) is 17.1. The van der Waals surface area contributed by atoms with E-state index in [1.54, 1.807) is 44.7 Å². The largest absolute Gasteiger partial charge is 0.298 e. The number of para-hydroxylation sites is 1. The summed E-state index contributed by atoms with van der Waals surface area (Å²) in [7, 11) is 0. The van der Waals surface area contributed by atoms with Gasteiger partial charge in [0.25, 0.3) is 0 Å². The van der Waals surface area contributed by atoms with E-state index in [1.807, 2.05) is 48.5 Å². The Bertz CT molecular complexity index is 1690. The molecule has 6 aromatic rings. The van der Waals surface area contributed by atoms with Crippen molar-refractivity contribution >= 4 is 61.0 Å². The van der Waals surface area contributed by atoms with E-state index in [0.29, 0.717) is 22.9 Å². The van der Waals surface area contributed by atoms with Crippen LogP contribution in [0.5, 0.6) is 0 Å². The second-order valence-corrected chi connectivity index (χ2v) is 9.12. The van der Waals surface area contributed by atoms with Crippen LogP contribution in [0.25, 0.3) is 28.2 Å². The molecule has 5 heterocycles. The van der Waals surface area contributed by atoms with Crippen LogP contribution >= 0.6 is 31.9 Å². The van der Waals surface area contributed by atoms with Gasteiger partial charge in [-0.05, 0) is 56.1 Å². The molecule has 0 unspecified atom stereocenters. The van der Waals surface area contributed by atoms with Gasteiger partial charge in [-0.15, -0.1) is 0 Å². The first-order valence-electron chi connectivity index (χ1n) is 10.3. The van der Waals surface area contributed by atoms with Gasteiger partial charge in [-0.25, -0.2) is 19.3 Å². The molecule has 11 heteroatoms. The number of carbonyl (C=O) groups is 2. The molecule has 35 heavy (non-hydrogen) atoms. The molecule has 5 aromatic heterocycles. The molecular formula is C24H15Br2N7O2. The summed E-state index contributed by atoms with van der Waals surface area (Å²) in [5.74, 6) is 1.06. The van der Waals surface area contributed by atoms with Crippen molar-refractivity contribution in [2.24, 2.45) is 0 Å². The Hall–Kier alpha value is -3.96. The molecule has 0 saturated heterocycles. The lowest BCUT2D eigenvalue weighted by Crippen LogP contribution is -2.03. The zero-order valence-corrected chi connectivity index (χ0v) is 21.0. The zero-order chi connectivity index (χ0) is 24.4. The lowest BCUT2D eigenvalue weighted by Gasteiger charge is -2.06. The number of imidazole rings is 1. The van der Waals surface area contributed by atoms with Gasteiger partial charge in [0.15, 0.2) is 24.2 Å². The van der Waals surface area contributed by atoms with Crippen molar-refractivity contribution < 1.29 is 9.59 Å². The Kier molecular flexibility index (Phi) is 6.34. The number of pyridine rings is 2. The number of fused-ring (bicyclic) bond motifs is 2. The van der Waals surface area contributed by atoms with E-state index in [4.69, 9.17) is 0 Å². The third-order valence-electron chi connectivity index (χ3n) is 5.05. The SMILES string of the molecule is O=Cc1c(-n2cc(Br)cn2)nc2ccccn12.O=Cc1cc2ccccc2nc1-n1cc(Br)cn1. The Morgan fingerprint density at radius 3 is 2.11 bits per heavy atom. The third kappa shape index (κ3) is 4.55. The second kappa shape index (κ2) is 9.72. The van der Waals surface area contributed by atoms with E-state index in [9.17, 15) is 9.59 Å². The average molecular weight is 593 g/mol. The van der Waals surface area contributed by atoms with Crippen LogP contribution in [0.3, 0.4) is 0 Å². The highest BCUT2D eigenvalue weighted by molar-refractivity contribution is 9.10. The topological polar surface area (TPSA) is 100.0 Å². The van der Waals surface area contributed by atoms with Crippen LogP contribution < -0.4 is 0 Å².